The number of rotatable bonds is 10. The number of aliphatic hydroxyl groups excluding tert-OH is 1. The first-order valence-electron chi connectivity index (χ1n) is 10.3. The van der Waals surface area contributed by atoms with Crippen molar-refractivity contribution >= 4 is 5.91 Å². The minimum absolute atomic E-state index is 0.275. The van der Waals surface area contributed by atoms with Gasteiger partial charge in [0.05, 0.1) is 18.3 Å². The average molecular weight is 386 g/mol. The first-order chi connectivity index (χ1) is 13.7. The summed E-state index contributed by atoms with van der Waals surface area (Å²) in [7, 11) is 0. The highest BCUT2D eigenvalue weighted by atomic mass is 16.5. The van der Waals surface area contributed by atoms with Crippen molar-refractivity contribution in [2.75, 3.05) is 0 Å². The van der Waals surface area contributed by atoms with Gasteiger partial charge in [-0.25, -0.2) is 5.48 Å². The Hall–Kier alpha value is -1.95. The number of carbonyl (C=O) groups excluding carboxylic acids is 1. The Kier molecular flexibility index (Phi) is 7.83. The van der Waals surface area contributed by atoms with Crippen LogP contribution in [0.4, 0.5) is 0 Å². The Morgan fingerprint density at radius 1 is 1.21 bits per heavy atom. The predicted molar refractivity (Wildman–Crippen MR) is 108 cm³/mol. The molecule has 0 aliphatic carbocycles. The van der Waals surface area contributed by atoms with Crippen molar-refractivity contribution in [2.45, 2.75) is 63.3 Å². The summed E-state index contributed by atoms with van der Waals surface area (Å²) in [4.78, 5) is 11.0. The molecule has 1 aromatic rings. The molecule has 1 amide bonds. The van der Waals surface area contributed by atoms with E-state index in [2.05, 4.69) is 18.2 Å². The molecule has 1 aromatic carbocycles. The molecule has 5 atom stereocenters. The quantitative estimate of drug-likeness (QED) is 0.249. The molecule has 2 aliphatic rings. The number of hydrogen-bond donors (Lipinski definition) is 3. The van der Waals surface area contributed by atoms with Gasteiger partial charge >= 0.3 is 0 Å². The van der Waals surface area contributed by atoms with Crippen molar-refractivity contribution in [3.05, 3.63) is 60.2 Å². The summed E-state index contributed by atoms with van der Waals surface area (Å²) in [5.41, 5.74) is 2.79. The number of benzene rings is 1. The zero-order chi connectivity index (χ0) is 19.8. The van der Waals surface area contributed by atoms with Crippen LogP contribution in [0.2, 0.25) is 0 Å². The third-order valence-electron chi connectivity index (χ3n) is 5.80. The molecule has 1 unspecified atom stereocenters. The topological polar surface area (TPSA) is 78.8 Å². The summed E-state index contributed by atoms with van der Waals surface area (Å²) < 4.78 is 6.12. The van der Waals surface area contributed by atoms with Crippen LogP contribution in [0.25, 0.3) is 0 Å². The molecule has 5 heteroatoms. The van der Waals surface area contributed by atoms with Gasteiger partial charge in [-0.1, -0.05) is 54.6 Å². The zero-order valence-corrected chi connectivity index (χ0v) is 16.2. The summed E-state index contributed by atoms with van der Waals surface area (Å²) in [6, 6.07) is 10.0. The molecule has 0 radical (unpaired) electrons. The molecule has 2 heterocycles. The summed E-state index contributed by atoms with van der Waals surface area (Å²) in [6.45, 7) is 0. The van der Waals surface area contributed by atoms with Crippen LogP contribution in [0, 0.1) is 11.8 Å². The number of hydroxylamine groups is 1. The Morgan fingerprint density at radius 3 is 2.79 bits per heavy atom. The van der Waals surface area contributed by atoms with Crippen LogP contribution in [0.3, 0.4) is 0 Å². The van der Waals surface area contributed by atoms with Gasteiger partial charge in [-0.05, 0) is 43.6 Å². The lowest BCUT2D eigenvalue weighted by Crippen LogP contribution is -2.25. The second-order valence-corrected chi connectivity index (χ2v) is 7.81. The Balaban J connectivity index is 1.48. The van der Waals surface area contributed by atoms with Crippen molar-refractivity contribution in [3.8, 4) is 0 Å². The van der Waals surface area contributed by atoms with Gasteiger partial charge in [0.1, 0.15) is 0 Å². The lowest BCUT2D eigenvalue weighted by atomic mass is 9.77. The number of aliphatic hydroxyl groups is 1. The molecule has 3 rings (SSSR count). The molecule has 2 saturated heterocycles. The van der Waals surface area contributed by atoms with E-state index >= 15 is 0 Å². The molecule has 5 nitrogen and oxygen atoms in total. The van der Waals surface area contributed by atoms with E-state index in [1.807, 2.05) is 36.4 Å². The predicted octanol–water partition coefficient (Wildman–Crippen LogP) is 3.56. The van der Waals surface area contributed by atoms with Crippen molar-refractivity contribution in [2.24, 2.45) is 11.8 Å². The van der Waals surface area contributed by atoms with E-state index in [0.717, 1.165) is 37.7 Å². The van der Waals surface area contributed by atoms with Crippen LogP contribution >= 0.6 is 0 Å². The van der Waals surface area contributed by atoms with Crippen LogP contribution in [-0.2, 0) is 16.0 Å². The normalized spacial score (nSPS) is 27.6. The third-order valence-corrected chi connectivity index (χ3v) is 5.80. The summed E-state index contributed by atoms with van der Waals surface area (Å²) in [5, 5.41) is 18.9. The molecule has 2 fully saturated rings. The molecule has 3 N–H and O–H groups in total. The summed E-state index contributed by atoms with van der Waals surface area (Å²) >= 11 is 0. The van der Waals surface area contributed by atoms with E-state index in [1.54, 1.807) is 5.48 Å². The highest BCUT2D eigenvalue weighted by Crippen LogP contribution is 2.45. The fourth-order valence-electron chi connectivity index (χ4n) is 4.37. The highest BCUT2D eigenvalue weighted by Gasteiger charge is 2.46. The second kappa shape index (κ2) is 10.6. The SMILES string of the molecule is O=C(CCC/C=C\C[C@H]1[C@@H](/C=C/C(O)Cc2ccccc2)[C@H]2CC[C@@H]1O2)NO. The smallest absolute Gasteiger partial charge is 0.243 e. The summed E-state index contributed by atoms with van der Waals surface area (Å²) in [6.07, 6.45) is 14.2. The van der Waals surface area contributed by atoms with Crippen LogP contribution in [-0.4, -0.2) is 34.5 Å². The van der Waals surface area contributed by atoms with E-state index in [9.17, 15) is 9.90 Å². The maximum atomic E-state index is 11.0. The number of unbranched alkanes of at least 4 members (excludes halogenated alkanes) is 1. The van der Waals surface area contributed by atoms with Crippen LogP contribution in [0.5, 0.6) is 0 Å². The molecule has 0 aromatic heterocycles. The number of fused-ring (bicyclic) bond motifs is 2. The van der Waals surface area contributed by atoms with Gasteiger partial charge in [-0.15, -0.1) is 0 Å². The fourth-order valence-corrected chi connectivity index (χ4v) is 4.37. The van der Waals surface area contributed by atoms with Crippen molar-refractivity contribution < 1.29 is 19.8 Å². The van der Waals surface area contributed by atoms with Gasteiger partial charge in [0.2, 0.25) is 5.91 Å². The Morgan fingerprint density at radius 2 is 2.00 bits per heavy atom. The number of nitrogens with one attached hydrogen (secondary N) is 1. The van der Waals surface area contributed by atoms with E-state index in [1.165, 1.54) is 0 Å². The van der Waals surface area contributed by atoms with Crippen LogP contribution in [0.15, 0.2) is 54.6 Å². The van der Waals surface area contributed by atoms with Gasteiger partial charge in [-0.2, -0.15) is 0 Å². The number of allylic oxidation sites excluding steroid dienone is 2. The molecule has 28 heavy (non-hydrogen) atoms. The standard InChI is InChI=1S/C23H31NO4/c25-18(16-17-8-4-3-5-9-17)12-13-20-19(21-14-15-22(20)28-21)10-6-1-2-7-11-23(26)24-27/h1,3-6,8-9,12-13,18-22,25,27H,2,7,10-11,14-16H2,(H,24,26)/b6-1-,13-12+/t18?,19-,20+,21-,22+/m0/s1. The van der Waals surface area contributed by atoms with E-state index in [4.69, 9.17) is 9.94 Å². The second-order valence-electron chi connectivity index (χ2n) is 7.81. The Labute approximate surface area is 167 Å². The van der Waals surface area contributed by atoms with Crippen molar-refractivity contribution in [1.82, 2.24) is 5.48 Å². The van der Waals surface area contributed by atoms with Gasteiger partial charge in [0, 0.05) is 18.8 Å². The minimum Gasteiger partial charge on any atom is -0.389 e. The number of carbonyl (C=O) groups is 1. The van der Waals surface area contributed by atoms with Crippen LogP contribution in [0.1, 0.15) is 44.1 Å². The number of hydrogen-bond acceptors (Lipinski definition) is 4. The van der Waals surface area contributed by atoms with E-state index < -0.39 is 6.10 Å². The Bertz CT molecular complexity index is 672. The molecular formula is C23H31NO4. The highest BCUT2D eigenvalue weighted by molar-refractivity contribution is 5.74. The average Bonchev–Trinajstić information content (AvgIpc) is 3.31. The molecule has 2 aliphatic heterocycles. The van der Waals surface area contributed by atoms with Gasteiger partial charge in [0.15, 0.2) is 0 Å². The third kappa shape index (κ3) is 5.77. The van der Waals surface area contributed by atoms with Crippen molar-refractivity contribution in [3.63, 3.8) is 0 Å². The van der Waals surface area contributed by atoms with E-state index in [0.29, 0.717) is 30.8 Å². The van der Waals surface area contributed by atoms with E-state index in [-0.39, 0.29) is 12.0 Å². The minimum atomic E-state index is -0.476. The fraction of sp³-hybridized carbons (Fsp3) is 0.522. The first-order valence-corrected chi connectivity index (χ1v) is 10.3. The van der Waals surface area contributed by atoms with Gasteiger partial charge in [0.25, 0.3) is 0 Å². The van der Waals surface area contributed by atoms with Gasteiger partial charge in [-0.3, -0.25) is 10.0 Å². The lowest BCUT2D eigenvalue weighted by molar-refractivity contribution is -0.129. The number of ether oxygens (including phenoxy) is 1. The number of amides is 1. The molecular weight excluding hydrogens is 354 g/mol. The first kappa shape index (κ1) is 20.8. The maximum Gasteiger partial charge on any atom is 0.243 e. The van der Waals surface area contributed by atoms with Crippen LogP contribution < -0.4 is 5.48 Å². The molecule has 0 spiro atoms. The maximum absolute atomic E-state index is 11.0. The molecule has 2 bridgehead atoms. The zero-order valence-electron chi connectivity index (χ0n) is 16.2. The lowest BCUT2D eigenvalue weighted by Gasteiger charge is -2.25. The molecule has 152 valence electrons. The van der Waals surface area contributed by atoms with Gasteiger partial charge < -0.3 is 9.84 Å². The largest absolute Gasteiger partial charge is 0.389 e. The van der Waals surface area contributed by atoms with Crippen molar-refractivity contribution in [1.29, 1.82) is 0 Å². The summed E-state index contributed by atoms with van der Waals surface area (Å²) in [5.74, 6) is 0.471. The molecule has 0 saturated carbocycles. The monoisotopic (exact) mass is 385 g/mol.